The van der Waals surface area contributed by atoms with Crippen LogP contribution in [0, 0.1) is 5.92 Å². The van der Waals surface area contributed by atoms with E-state index in [1.54, 1.807) is 0 Å². The van der Waals surface area contributed by atoms with Crippen molar-refractivity contribution in [3.05, 3.63) is 0 Å². The molecule has 18 heavy (non-hydrogen) atoms. The Morgan fingerprint density at radius 1 is 1.22 bits per heavy atom. The van der Waals surface area contributed by atoms with Crippen LogP contribution in [0.4, 0.5) is 0 Å². The molecule has 0 aliphatic carbocycles. The number of amides is 1. The van der Waals surface area contributed by atoms with Gasteiger partial charge in [0.15, 0.2) is 0 Å². The summed E-state index contributed by atoms with van der Waals surface area (Å²) >= 11 is 0. The highest BCUT2D eigenvalue weighted by atomic mass is 32.2. The number of hydrogen-bond donors (Lipinski definition) is 1. The Hall–Kier alpha value is -0.660. The summed E-state index contributed by atoms with van der Waals surface area (Å²) in [4.78, 5) is 11.5. The van der Waals surface area contributed by atoms with Crippen LogP contribution in [0.2, 0.25) is 0 Å². The number of rotatable bonds is 2. The zero-order chi connectivity index (χ0) is 13.2. The molecule has 0 spiro atoms. The van der Waals surface area contributed by atoms with Gasteiger partial charge in [-0.15, -0.1) is 0 Å². The molecule has 104 valence electrons. The van der Waals surface area contributed by atoms with Gasteiger partial charge >= 0.3 is 0 Å². The number of nitrogens with one attached hydrogen (secondary N) is 1. The van der Waals surface area contributed by atoms with Crippen LogP contribution in [0.5, 0.6) is 0 Å². The third-order valence-electron chi connectivity index (χ3n) is 3.50. The molecule has 7 heteroatoms. The monoisotopic (exact) mass is 275 g/mol. The molecule has 0 aromatic heterocycles. The van der Waals surface area contributed by atoms with Gasteiger partial charge in [-0.3, -0.25) is 4.79 Å². The Balaban J connectivity index is 2.11. The molecule has 1 atom stereocenters. The first kappa shape index (κ1) is 13.8. The van der Waals surface area contributed by atoms with Gasteiger partial charge in [0.2, 0.25) is 5.91 Å². The Morgan fingerprint density at radius 3 is 2.67 bits per heavy atom. The average Bonchev–Trinajstić information content (AvgIpc) is 2.54. The minimum absolute atomic E-state index is 0.0484. The Bertz CT molecular complexity index is 410. The Kier molecular flexibility index (Phi) is 4.24. The molecule has 2 saturated heterocycles. The van der Waals surface area contributed by atoms with Crippen molar-refractivity contribution in [2.45, 2.75) is 26.2 Å². The van der Waals surface area contributed by atoms with Crippen molar-refractivity contribution in [3.63, 3.8) is 0 Å². The van der Waals surface area contributed by atoms with Crippen LogP contribution in [-0.4, -0.2) is 55.7 Å². The predicted octanol–water partition coefficient (Wildman–Crippen LogP) is -0.215. The van der Waals surface area contributed by atoms with Crippen LogP contribution in [0.15, 0.2) is 0 Å². The third kappa shape index (κ3) is 3.02. The molecule has 2 rings (SSSR count). The maximum absolute atomic E-state index is 12.5. The van der Waals surface area contributed by atoms with Crippen molar-refractivity contribution >= 4 is 16.1 Å². The number of carbonyl (C=O) groups is 1. The first-order chi connectivity index (χ1) is 8.50. The fourth-order valence-electron chi connectivity index (χ4n) is 2.49. The average molecular weight is 275 g/mol. The van der Waals surface area contributed by atoms with E-state index in [-0.39, 0.29) is 12.5 Å². The lowest BCUT2D eigenvalue weighted by Gasteiger charge is -2.33. The van der Waals surface area contributed by atoms with Gasteiger partial charge in [0.1, 0.15) is 0 Å². The van der Waals surface area contributed by atoms with E-state index in [2.05, 4.69) is 12.2 Å². The normalized spacial score (nSPS) is 28.7. The van der Waals surface area contributed by atoms with Crippen molar-refractivity contribution < 1.29 is 13.2 Å². The molecule has 0 saturated carbocycles. The zero-order valence-electron chi connectivity index (χ0n) is 10.8. The molecular formula is C11H21N3O3S. The summed E-state index contributed by atoms with van der Waals surface area (Å²) in [5.74, 6) is 0.190. The van der Waals surface area contributed by atoms with Crippen molar-refractivity contribution in [3.8, 4) is 0 Å². The summed E-state index contributed by atoms with van der Waals surface area (Å²) in [5.41, 5.74) is 0. The van der Waals surface area contributed by atoms with Crippen LogP contribution < -0.4 is 5.32 Å². The molecule has 0 bridgehead atoms. The summed E-state index contributed by atoms with van der Waals surface area (Å²) in [7, 11) is -3.47. The second kappa shape index (κ2) is 5.54. The molecule has 1 N–H and O–H groups in total. The predicted molar refractivity (Wildman–Crippen MR) is 68.1 cm³/mol. The molecule has 0 aromatic rings. The van der Waals surface area contributed by atoms with Crippen molar-refractivity contribution in [1.29, 1.82) is 0 Å². The zero-order valence-corrected chi connectivity index (χ0v) is 11.6. The van der Waals surface area contributed by atoms with Crippen LogP contribution in [0.1, 0.15) is 26.2 Å². The van der Waals surface area contributed by atoms with Gasteiger partial charge in [-0.2, -0.15) is 17.0 Å². The Morgan fingerprint density at radius 2 is 1.94 bits per heavy atom. The summed E-state index contributed by atoms with van der Waals surface area (Å²) in [6.07, 6.45) is 2.65. The standard InChI is InChI=1S/C11H21N3O3S/c1-10-4-2-6-13(8-10)18(16,17)14-7-3-5-12-11(15)9-14/h10H,2-9H2,1H3,(H,12,15). The molecule has 6 nitrogen and oxygen atoms in total. The van der Waals surface area contributed by atoms with Gasteiger partial charge in [0.25, 0.3) is 10.2 Å². The largest absolute Gasteiger partial charge is 0.355 e. The topological polar surface area (TPSA) is 69.7 Å². The maximum atomic E-state index is 12.5. The first-order valence-electron chi connectivity index (χ1n) is 6.52. The molecular weight excluding hydrogens is 254 g/mol. The van der Waals surface area contributed by atoms with Gasteiger partial charge in [-0.05, 0) is 25.2 Å². The van der Waals surface area contributed by atoms with Crippen LogP contribution in [0.25, 0.3) is 0 Å². The molecule has 1 unspecified atom stereocenters. The number of hydrogen-bond acceptors (Lipinski definition) is 3. The summed E-state index contributed by atoms with van der Waals surface area (Å²) in [6.45, 7) is 4.14. The first-order valence-corrected chi connectivity index (χ1v) is 7.92. The van der Waals surface area contributed by atoms with Crippen LogP contribution >= 0.6 is 0 Å². The second-order valence-corrected chi connectivity index (χ2v) is 7.08. The van der Waals surface area contributed by atoms with E-state index in [0.29, 0.717) is 38.5 Å². The van der Waals surface area contributed by atoms with Gasteiger partial charge in [-0.1, -0.05) is 6.92 Å². The molecule has 0 aromatic carbocycles. The van der Waals surface area contributed by atoms with E-state index in [1.807, 2.05) is 0 Å². The van der Waals surface area contributed by atoms with E-state index in [4.69, 9.17) is 0 Å². The number of nitrogens with zero attached hydrogens (tertiary/aromatic N) is 2. The summed E-state index contributed by atoms with van der Waals surface area (Å²) in [6, 6.07) is 0. The van der Waals surface area contributed by atoms with Gasteiger partial charge in [-0.25, -0.2) is 0 Å². The molecule has 2 fully saturated rings. The SMILES string of the molecule is CC1CCCN(S(=O)(=O)N2CCCNC(=O)C2)C1. The highest BCUT2D eigenvalue weighted by Gasteiger charge is 2.34. The van der Waals surface area contributed by atoms with E-state index >= 15 is 0 Å². The highest BCUT2D eigenvalue weighted by molar-refractivity contribution is 7.86. The third-order valence-corrected chi connectivity index (χ3v) is 5.45. The smallest absolute Gasteiger partial charge is 0.282 e. The molecule has 2 heterocycles. The van der Waals surface area contributed by atoms with E-state index in [1.165, 1.54) is 8.61 Å². The molecule has 1 amide bonds. The van der Waals surface area contributed by atoms with E-state index in [0.717, 1.165) is 12.8 Å². The highest BCUT2D eigenvalue weighted by Crippen LogP contribution is 2.20. The molecule has 2 aliphatic heterocycles. The molecule has 0 radical (unpaired) electrons. The van der Waals surface area contributed by atoms with E-state index in [9.17, 15) is 13.2 Å². The fourth-order valence-corrected chi connectivity index (χ4v) is 4.26. The van der Waals surface area contributed by atoms with E-state index < -0.39 is 10.2 Å². The minimum Gasteiger partial charge on any atom is -0.355 e. The fraction of sp³-hybridized carbons (Fsp3) is 0.909. The van der Waals surface area contributed by atoms with Gasteiger partial charge < -0.3 is 5.32 Å². The maximum Gasteiger partial charge on any atom is 0.282 e. The number of carbonyl (C=O) groups excluding carboxylic acids is 1. The lowest BCUT2D eigenvalue weighted by atomic mass is 10.0. The number of piperidine rings is 1. The van der Waals surface area contributed by atoms with Crippen LogP contribution in [0.3, 0.4) is 0 Å². The van der Waals surface area contributed by atoms with Gasteiger partial charge in [0, 0.05) is 26.2 Å². The minimum atomic E-state index is -3.47. The van der Waals surface area contributed by atoms with Crippen molar-refractivity contribution in [2.24, 2.45) is 5.92 Å². The van der Waals surface area contributed by atoms with Gasteiger partial charge in [0.05, 0.1) is 6.54 Å². The summed E-state index contributed by atoms with van der Waals surface area (Å²) < 4.78 is 27.8. The second-order valence-electron chi connectivity index (χ2n) is 5.15. The lowest BCUT2D eigenvalue weighted by Crippen LogP contribution is -2.49. The summed E-state index contributed by atoms with van der Waals surface area (Å²) in [5, 5.41) is 2.69. The van der Waals surface area contributed by atoms with Crippen LogP contribution in [-0.2, 0) is 15.0 Å². The van der Waals surface area contributed by atoms with Crippen molar-refractivity contribution in [2.75, 3.05) is 32.7 Å². The quantitative estimate of drug-likeness (QED) is 0.758. The Labute approximate surface area is 109 Å². The molecule has 2 aliphatic rings. The van der Waals surface area contributed by atoms with Crippen molar-refractivity contribution in [1.82, 2.24) is 13.9 Å². The lowest BCUT2D eigenvalue weighted by molar-refractivity contribution is -0.120.